The molecule has 4 heterocycles. The van der Waals surface area contributed by atoms with Crippen LogP contribution in [0.4, 0.5) is 0 Å². The minimum Gasteiger partial charge on any atom is -0.307 e. The maximum absolute atomic E-state index is 2.62. The molecule has 2 aromatic heterocycles. The van der Waals surface area contributed by atoms with E-state index in [0.717, 1.165) is 0 Å². The highest BCUT2D eigenvalue weighted by Crippen LogP contribution is 2.66. The fourth-order valence-corrected chi connectivity index (χ4v) is 13.9. The smallest absolute Gasteiger partial charge is 0.0666 e. The second-order valence-electron chi connectivity index (χ2n) is 15.3. The molecular weight excluding hydrogens is 661 g/mol. The van der Waals surface area contributed by atoms with E-state index in [1.54, 1.807) is 0 Å². The fourth-order valence-electron chi connectivity index (χ4n) is 11.0. The Balaban J connectivity index is 1.13. The van der Waals surface area contributed by atoms with E-state index in [1.165, 1.54) is 134 Å². The molecule has 3 heteroatoms. The van der Waals surface area contributed by atoms with Crippen LogP contribution >= 0.6 is 10.9 Å². The van der Waals surface area contributed by atoms with Crippen molar-refractivity contribution in [2.75, 3.05) is 0 Å². The van der Waals surface area contributed by atoms with Gasteiger partial charge in [0.15, 0.2) is 0 Å². The minimum atomic E-state index is -0.818. The molecule has 0 N–H and O–H groups in total. The van der Waals surface area contributed by atoms with E-state index in [-0.39, 0.29) is 0 Å². The number of thiol groups is 1. The van der Waals surface area contributed by atoms with Gasteiger partial charge < -0.3 is 9.13 Å². The van der Waals surface area contributed by atoms with Crippen molar-refractivity contribution in [2.45, 2.75) is 14.7 Å². The van der Waals surface area contributed by atoms with Crippen molar-refractivity contribution in [3.05, 3.63) is 152 Å². The molecule has 2 aliphatic rings. The first-order valence-electron chi connectivity index (χ1n) is 18.5. The molecule has 53 heavy (non-hydrogen) atoms. The van der Waals surface area contributed by atoms with Crippen LogP contribution in [0.1, 0.15) is 0 Å². The van der Waals surface area contributed by atoms with E-state index in [9.17, 15) is 0 Å². The topological polar surface area (TPSA) is 9.86 Å². The molecule has 11 aromatic carbocycles. The van der Waals surface area contributed by atoms with Crippen LogP contribution in [0.5, 0.6) is 0 Å². The molecule has 0 saturated carbocycles. The standard InChI is InChI=1S/C50H26N2S/c1-6-26-16-18-30-24-38-46(32-22-20-28(8-1)42(26)44(30)32)34-10-3-14-40-48(34)51(38)36-12-5-13-37-50(36)53(40)41-15-4-11-35-47-33-23-21-29-9-2-7-27-17-19-31(45(33)43(27)29)25-39(47)52(37)49(35)41/h1-25,53H. The van der Waals surface area contributed by atoms with Gasteiger partial charge in [0, 0.05) is 36.2 Å². The molecule has 0 bridgehead atoms. The molecule has 0 radical (unpaired) electrons. The molecule has 0 unspecified atom stereocenters. The molecule has 0 fully saturated rings. The third kappa shape index (κ3) is 2.79. The number of fused-ring (bicyclic) bond motifs is 12. The molecule has 0 atom stereocenters. The van der Waals surface area contributed by atoms with Crippen LogP contribution in [-0.2, 0) is 0 Å². The first-order valence-corrected chi connectivity index (χ1v) is 19.9. The van der Waals surface area contributed by atoms with Crippen LogP contribution in [0.3, 0.4) is 0 Å². The van der Waals surface area contributed by atoms with Gasteiger partial charge in [-0.15, -0.1) is 0 Å². The summed E-state index contributed by atoms with van der Waals surface area (Å²) < 4.78 is 5.25. The SMILES string of the molecule is c1cc2c3c(c1)-n1c4cc5ccc6cccc7ccc(c5c67)c4c4cccc(c41)[SH]3c1cccc3c4c5ccc6cccc7ccc(cc4n-2c13)c5c76. The van der Waals surface area contributed by atoms with E-state index >= 15 is 0 Å². The molecular formula is C50H26N2S. The zero-order chi connectivity index (χ0) is 33.8. The second kappa shape index (κ2) is 8.56. The van der Waals surface area contributed by atoms with Gasteiger partial charge in [-0.2, -0.15) is 10.9 Å². The number of benzene rings is 11. The van der Waals surface area contributed by atoms with Crippen LogP contribution in [0.2, 0.25) is 0 Å². The number of hydrogen-bond donors (Lipinski definition) is 1. The highest BCUT2D eigenvalue weighted by atomic mass is 32.2. The van der Waals surface area contributed by atoms with Crippen molar-refractivity contribution in [2.24, 2.45) is 0 Å². The molecule has 15 rings (SSSR count). The third-order valence-corrected chi connectivity index (χ3v) is 15.5. The van der Waals surface area contributed by atoms with Gasteiger partial charge in [0.2, 0.25) is 0 Å². The normalized spacial score (nSPS) is 14.3. The summed E-state index contributed by atoms with van der Waals surface area (Å²) in [7, 11) is -0.818. The Bertz CT molecular complexity index is 3580. The Morgan fingerprint density at radius 3 is 1.23 bits per heavy atom. The monoisotopic (exact) mass is 686 g/mol. The van der Waals surface area contributed by atoms with Gasteiger partial charge in [0.25, 0.3) is 0 Å². The van der Waals surface area contributed by atoms with Gasteiger partial charge in [0.05, 0.1) is 33.4 Å². The van der Waals surface area contributed by atoms with Crippen molar-refractivity contribution < 1.29 is 0 Å². The van der Waals surface area contributed by atoms with Crippen molar-refractivity contribution in [1.82, 2.24) is 9.13 Å². The quantitative estimate of drug-likeness (QED) is 0.120. The molecule has 0 aliphatic carbocycles. The van der Waals surface area contributed by atoms with Crippen LogP contribution in [-0.4, -0.2) is 9.13 Å². The predicted molar refractivity (Wildman–Crippen MR) is 226 cm³/mol. The van der Waals surface area contributed by atoms with Gasteiger partial charge in [-0.25, -0.2) is 0 Å². The Kier molecular flexibility index (Phi) is 4.24. The average Bonchev–Trinajstić information content (AvgIpc) is 3.73. The predicted octanol–water partition coefficient (Wildman–Crippen LogP) is 13.8. The third-order valence-electron chi connectivity index (χ3n) is 12.9. The Morgan fingerprint density at radius 1 is 0.321 bits per heavy atom. The summed E-state index contributed by atoms with van der Waals surface area (Å²) in [6.45, 7) is 0. The van der Waals surface area contributed by atoms with Gasteiger partial charge in [-0.05, 0) is 101 Å². The molecule has 13 aromatic rings. The van der Waals surface area contributed by atoms with Gasteiger partial charge in [-0.3, -0.25) is 0 Å². The molecule has 0 spiro atoms. The molecule has 0 amide bonds. The molecule has 0 saturated heterocycles. The van der Waals surface area contributed by atoms with E-state index in [1.807, 2.05) is 0 Å². The molecule has 242 valence electrons. The van der Waals surface area contributed by atoms with E-state index in [0.29, 0.717) is 0 Å². The van der Waals surface area contributed by atoms with E-state index in [2.05, 4.69) is 161 Å². The van der Waals surface area contributed by atoms with Crippen molar-refractivity contribution in [3.63, 3.8) is 0 Å². The number of aromatic nitrogens is 2. The van der Waals surface area contributed by atoms with Crippen LogP contribution in [0, 0.1) is 0 Å². The van der Waals surface area contributed by atoms with Crippen molar-refractivity contribution >= 4 is 119 Å². The Morgan fingerprint density at radius 2 is 0.736 bits per heavy atom. The van der Waals surface area contributed by atoms with Gasteiger partial charge in [-0.1, -0.05) is 115 Å². The maximum atomic E-state index is 2.62. The zero-order valence-electron chi connectivity index (χ0n) is 28.3. The largest absolute Gasteiger partial charge is 0.307 e. The second-order valence-corrected chi connectivity index (χ2v) is 17.3. The van der Waals surface area contributed by atoms with Crippen LogP contribution in [0.15, 0.2) is 166 Å². The van der Waals surface area contributed by atoms with Gasteiger partial charge in [0.1, 0.15) is 0 Å². The Labute approximate surface area is 304 Å². The lowest BCUT2D eigenvalue weighted by Gasteiger charge is -2.37. The Hall–Kier alpha value is -6.55. The fraction of sp³-hybridized carbons (Fsp3) is 0. The van der Waals surface area contributed by atoms with Crippen molar-refractivity contribution in [3.8, 4) is 11.4 Å². The minimum absolute atomic E-state index is 0.818. The summed E-state index contributed by atoms with van der Waals surface area (Å²) in [5, 5.41) is 21.5. The van der Waals surface area contributed by atoms with Crippen molar-refractivity contribution in [1.29, 1.82) is 0 Å². The van der Waals surface area contributed by atoms with E-state index < -0.39 is 10.9 Å². The maximum Gasteiger partial charge on any atom is 0.0666 e. The summed E-state index contributed by atoms with van der Waals surface area (Å²) in [6, 6.07) is 58.4. The molecule has 2 nitrogen and oxygen atoms in total. The van der Waals surface area contributed by atoms with E-state index in [4.69, 9.17) is 0 Å². The van der Waals surface area contributed by atoms with Gasteiger partial charge >= 0.3 is 0 Å². The van der Waals surface area contributed by atoms with Crippen LogP contribution < -0.4 is 0 Å². The number of rotatable bonds is 0. The average molecular weight is 687 g/mol. The number of hydrogen-bond acceptors (Lipinski definition) is 0. The summed E-state index contributed by atoms with van der Waals surface area (Å²) >= 11 is 0. The lowest BCUT2D eigenvalue weighted by Crippen LogP contribution is -2.13. The summed E-state index contributed by atoms with van der Waals surface area (Å²) in [4.78, 5) is 4.38. The number of para-hydroxylation sites is 2. The summed E-state index contributed by atoms with van der Waals surface area (Å²) in [5.41, 5.74) is 7.98. The van der Waals surface area contributed by atoms with Crippen LogP contribution in [0.25, 0.3) is 120 Å². The summed E-state index contributed by atoms with van der Waals surface area (Å²) in [6.07, 6.45) is 0. The molecule has 2 aliphatic heterocycles. The highest BCUT2D eigenvalue weighted by Gasteiger charge is 2.37. The highest BCUT2D eigenvalue weighted by molar-refractivity contribution is 8.17. The number of nitrogens with zero attached hydrogens (tertiary/aromatic N) is 2. The lowest BCUT2D eigenvalue weighted by molar-refractivity contribution is 1.01. The first-order chi connectivity index (χ1) is 26.3. The lowest BCUT2D eigenvalue weighted by atomic mass is 9.92. The summed E-state index contributed by atoms with van der Waals surface area (Å²) in [5.74, 6) is 0. The first kappa shape index (κ1) is 26.3. The zero-order valence-corrected chi connectivity index (χ0v) is 29.2.